The van der Waals surface area contributed by atoms with E-state index in [1.165, 1.54) is 113 Å². The Hall–Kier alpha value is -2.79. The number of hydrogen-bond donors (Lipinski definition) is 0. The molecule has 0 aromatic rings. The summed E-state index contributed by atoms with van der Waals surface area (Å²) in [7, 11) is 0. The number of quaternary nitrogens is 2. The van der Waals surface area contributed by atoms with Gasteiger partial charge in [-0.1, -0.05) is 55.4 Å². The van der Waals surface area contributed by atoms with Crippen molar-refractivity contribution in [1.82, 2.24) is 0 Å². The van der Waals surface area contributed by atoms with Gasteiger partial charge < -0.3 is 85.6 Å². The summed E-state index contributed by atoms with van der Waals surface area (Å²) in [4.78, 5) is 41.2. The van der Waals surface area contributed by atoms with Crippen molar-refractivity contribution in [2.45, 2.75) is 107 Å². The van der Waals surface area contributed by atoms with Crippen LogP contribution < -0.4 is 0 Å². The van der Waals surface area contributed by atoms with Gasteiger partial charge in [0.05, 0.1) is 77.8 Å². The normalized spacial score (nSPS) is 9.19. The van der Waals surface area contributed by atoms with Crippen LogP contribution in [0.1, 0.15) is 107 Å². The zero-order valence-electron chi connectivity index (χ0n) is 28.9. The molecule has 23 heteroatoms. The van der Waals surface area contributed by atoms with Crippen LogP contribution in [0, 0.1) is 115 Å². The van der Waals surface area contributed by atoms with Gasteiger partial charge in [-0.3, -0.25) is 0 Å². The first-order valence-corrected chi connectivity index (χ1v) is 14.9. The second-order valence-electron chi connectivity index (χ2n) is 9.59. The molecule has 0 heterocycles. The molecule has 0 N–H and O–H groups in total. The molecule has 0 unspecified atom stereocenters. The largest absolute Gasteiger partial charge is 3.00 e. The van der Waals surface area contributed by atoms with E-state index in [2.05, 4.69) is 55.4 Å². The number of hydrogen-bond acceptors (Lipinski definition) is 15. The van der Waals surface area contributed by atoms with Crippen LogP contribution in [0.4, 0.5) is 0 Å². The molecule has 0 aromatic carbocycles. The molecule has 0 aliphatic rings. The third kappa shape index (κ3) is 86.0. The van der Waals surface area contributed by atoms with Gasteiger partial charge in [-0.25, -0.2) is 0 Å². The van der Waals surface area contributed by atoms with Crippen molar-refractivity contribution in [3.05, 3.63) is 76.6 Å². The van der Waals surface area contributed by atoms with Gasteiger partial charge in [-0.2, -0.15) is 0 Å². The minimum absolute atomic E-state index is 0. The van der Waals surface area contributed by atoms with Crippen LogP contribution in [-0.2, 0) is 0 Å². The van der Waals surface area contributed by atoms with Crippen LogP contribution in [0.2, 0.25) is 0 Å². The van der Waals surface area contributed by atoms with Crippen LogP contribution >= 0.6 is 0 Å². The van der Waals surface area contributed by atoms with Crippen molar-refractivity contribution in [3.63, 3.8) is 0 Å². The Morgan fingerprint density at radius 1 is 0.298 bits per heavy atom. The summed E-state index contributed by atoms with van der Waals surface area (Å²) in [5.41, 5.74) is 0. The maximum Gasteiger partial charge on any atom is 3.00 e. The Morgan fingerprint density at radius 2 is 0.362 bits per heavy atom. The van der Waals surface area contributed by atoms with Crippen LogP contribution in [-0.4, -0.2) is 86.8 Å². The van der Waals surface area contributed by atoms with Crippen molar-refractivity contribution in [2.75, 3.05) is 52.4 Å². The van der Waals surface area contributed by atoms with Gasteiger partial charge in [0.25, 0.3) is 0 Å². The predicted molar refractivity (Wildman–Crippen MR) is 174 cm³/mol. The smallest absolute Gasteiger partial charge is 0.356 e. The standard InChI is InChI=1S/2C12H28N.5NO3.Tb/c2*1-5-9-13(10-6-2,11-7-3)12-8-4;5*2-1(3)4;/h2*5-12H2,1-4H3;;;;;;/q2*+1;5*-1;+3. The maximum atomic E-state index is 8.25. The van der Waals surface area contributed by atoms with Crippen LogP contribution in [0.25, 0.3) is 0 Å². The minimum atomic E-state index is -1.75. The van der Waals surface area contributed by atoms with Gasteiger partial charge >= 0.3 is 38.6 Å². The Bertz CT molecular complexity index is 552. The molecule has 0 aliphatic heterocycles. The van der Waals surface area contributed by atoms with Gasteiger partial charge in [-0.15, -0.1) is 0 Å². The SMILES string of the molecule is CCC[N+](CCC)(CCC)CCC.CCC[N+](CCC)(CCC)CCC.O=[N+]([O-])[O-].O=[N+]([O-])[O-].O=[N+]([O-])[O-].O=[N+]([O-])[O-].O=[N+]([O-])[O-].[Tb+3]. The molecule has 0 aromatic heterocycles. The molecule has 47 heavy (non-hydrogen) atoms. The molecule has 0 radical (unpaired) electrons. The molecule has 0 amide bonds. The average molecular weight is 842 g/mol. The molecular weight excluding hydrogens is 785 g/mol. The van der Waals surface area contributed by atoms with E-state index in [9.17, 15) is 0 Å². The Morgan fingerprint density at radius 3 is 0.404 bits per heavy atom. The van der Waals surface area contributed by atoms with E-state index in [0.717, 1.165) is 0 Å². The molecule has 0 fully saturated rings. The van der Waals surface area contributed by atoms with E-state index in [4.69, 9.17) is 76.6 Å². The van der Waals surface area contributed by atoms with Gasteiger partial charge in [0.15, 0.2) is 0 Å². The van der Waals surface area contributed by atoms with Gasteiger partial charge in [0.1, 0.15) is 0 Å². The zero-order chi connectivity index (χ0) is 38.2. The molecule has 0 aliphatic carbocycles. The molecule has 0 atom stereocenters. The third-order valence-electron chi connectivity index (χ3n) is 5.58. The fourth-order valence-corrected chi connectivity index (χ4v) is 5.14. The molecule has 0 rings (SSSR count). The van der Waals surface area contributed by atoms with E-state index >= 15 is 0 Å². The minimum Gasteiger partial charge on any atom is -0.356 e. The van der Waals surface area contributed by atoms with Crippen LogP contribution in [0.3, 0.4) is 0 Å². The van der Waals surface area contributed by atoms with E-state index < -0.39 is 25.4 Å². The summed E-state index contributed by atoms with van der Waals surface area (Å²) in [6.45, 7) is 29.6. The summed E-state index contributed by atoms with van der Waals surface area (Å²) in [5, 5.41) is 73.8. The Balaban J connectivity index is -0.0000000686. The molecule has 0 bridgehead atoms. The summed E-state index contributed by atoms with van der Waals surface area (Å²) >= 11 is 0. The summed E-state index contributed by atoms with van der Waals surface area (Å²) in [5.74, 6) is 0. The summed E-state index contributed by atoms with van der Waals surface area (Å²) in [6.07, 6.45) is 10.7. The summed E-state index contributed by atoms with van der Waals surface area (Å²) in [6, 6.07) is 0. The Labute approximate surface area is 307 Å². The molecule has 286 valence electrons. The fraction of sp³-hybridized carbons (Fsp3) is 1.00. The van der Waals surface area contributed by atoms with E-state index in [1.807, 2.05) is 0 Å². The van der Waals surface area contributed by atoms with Crippen molar-refractivity contribution in [3.8, 4) is 0 Å². The number of nitrogens with zero attached hydrogens (tertiary/aromatic N) is 7. The molecule has 0 saturated carbocycles. The van der Waals surface area contributed by atoms with Gasteiger partial charge in [-0.05, 0) is 51.4 Å². The first kappa shape index (κ1) is 63.0. The zero-order valence-corrected chi connectivity index (χ0v) is 31.0. The summed E-state index contributed by atoms with van der Waals surface area (Å²) < 4.78 is 2.75. The van der Waals surface area contributed by atoms with E-state index in [0.29, 0.717) is 0 Å². The third-order valence-corrected chi connectivity index (χ3v) is 5.58. The second-order valence-corrected chi connectivity index (χ2v) is 9.59. The van der Waals surface area contributed by atoms with Crippen LogP contribution in [0.5, 0.6) is 0 Å². The number of rotatable bonds is 16. The fourth-order valence-electron chi connectivity index (χ4n) is 5.14. The molecule has 0 saturated heterocycles. The van der Waals surface area contributed by atoms with E-state index in [-0.39, 0.29) is 38.6 Å². The molecular formula is C24H56N7O15Tb. The topological polar surface area (TPSA) is 331 Å². The quantitative estimate of drug-likeness (QED) is 0.102. The molecule has 22 nitrogen and oxygen atoms in total. The van der Waals surface area contributed by atoms with Crippen molar-refractivity contribution in [1.29, 1.82) is 0 Å². The molecule has 0 spiro atoms. The maximum absolute atomic E-state index is 8.25. The van der Waals surface area contributed by atoms with E-state index in [1.54, 1.807) is 0 Å². The van der Waals surface area contributed by atoms with Gasteiger partial charge in [0.2, 0.25) is 0 Å². The van der Waals surface area contributed by atoms with Crippen molar-refractivity contribution >= 4 is 0 Å². The average Bonchev–Trinajstić information content (AvgIpc) is 2.84. The predicted octanol–water partition coefficient (Wildman–Crippen LogP) is 5.69. The van der Waals surface area contributed by atoms with Gasteiger partial charge in [0, 0.05) is 0 Å². The van der Waals surface area contributed by atoms with Crippen molar-refractivity contribution in [2.24, 2.45) is 0 Å². The second kappa shape index (κ2) is 47.6. The van der Waals surface area contributed by atoms with Crippen molar-refractivity contribution < 1.29 is 73.0 Å². The van der Waals surface area contributed by atoms with Crippen LogP contribution in [0.15, 0.2) is 0 Å². The monoisotopic (exact) mass is 841 g/mol. The Kier molecular flexibility index (Phi) is 63.8. The first-order chi connectivity index (χ1) is 21.1. The first-order valence-electron chi connectivity index (χ1n) is 14.9.